The van der Waals surface area contributed by atoms with Gasteiger partial charge in [0.05, 0.1) is 22.4 Å². The molecule has 28 heavy (non-hydrogen) atoms. The number of nitrogens with one attached hydrogen (secondary N) is 2. The van der Waals surface area contributed by atoms with Crippen LogP contribution in [0.5, 0.6) is 0 Å². The quantitative estimate of drug-likeness (QED) is 0.301. The number of guanidine groups is 1. The summed E-state index contributed by atoms with van der Waals surface area (Å²) in [7, 11) is -1.12. The van der Waals surface area contributed by atoms with E-state index < -0.39 is 22.7 Å². The van der Waals surface area contributed by atoms with E-state index in [-0.39, 0.29) is 24.0 Å². The summed E-state index contributed by atoms with van der Waals surface area (Å²) in [6.45, 7) is 3.32. The maximum absolute atomic E-state index is 12.6. The Bertz CT molecular complexity index is 769. The minimum Gasteiger partial charge on any atom is -0.357 e. The standard InChI is InChI=1S/C17H21F3N4OS2.HI/c1-2-21-16(23-10-11-27(25)13-6-4-3-5-7-13)22-9-8-15-24-14(12-26-15)17(18,19)20;/h3-7,12H,2,8-11H2,1H3,(H2,21,22,23);1H. The van der Waals surface area contributed by atoms with Crippen LogP contribution in [-0.2, 0) is 23.4 Å². The Morgan fingerprint density at radius 3 is 2.57 bits per heavy atom. The molecule has 156 valence electrons. The zero-order valence-electron chi connectivity index (χ0n) is 15.2. The van der Waals surface area contributed by atoms with E-state index in [9.17, 15) is 17.4 Å². The Labute approximate surface area is 185 Å². The van der Waals surface area contributed by atoms with Crippen molar-refractivity contribution in [1.29, 1.82) is 0 Å². The normalized spacial score (nSPS) is 12.9. The predicted octanol–water partition coefficient (Wildman–Crippen LogP) is 3.69. The smallest absolute Gasteiger partial charge is 0.357 e. The average Bonchev–Trinajstić information content (AvgIpc) is 3.12. The first-order valence-electron chi connectivity index (χ1n) is 8.37. The van der Waals surface area contributed by atoms with Gasteiger partial charge >= 0.3 is 6.18 Å². The number of aliphatic imine (C=N–C) groups is 1. The first kappa shape index (κ1) is 24.8. The molecule has 1 aromatic carbocycles. The van der Waals surface area contributed by atoms with Crippen molar-refractivity contribution < 1.29 is 17.4 Å². The lowest BCUT2D eigenvalue weighted by atomic mass is 10.4. The Morgan fingerprint density at radius 1 is 1.25 bits per heavy atom. The van der Waals surface area contributed by atoms with Gasteiger partial charge in [0.15, 0.2) is 11.7 Å². The lowest BCUT2D eigenvalue weighted by Crippen LogP contribution is -2.38. The van der Waals surface area contributed by atoms with E-state index in [2.05, 4.69) is 20.6 Å². The molecule has 0 saturated carbocycles. The molecule has 0 aliphatic carbocycles. The molecule has 0 bridgehead atoms. The number of rotatable bonds is 8. The highest BCUT2D eigenvalue weighted by atomic mass is 127. The molecule has 0 amide bonds. The summed E-state index contributed by atoms with van der Waals surface area (Å²) in [5.74, 6) is 0.928. The van der Waals surface area contributed by atoms with Gasteiger partial charge in [-0.3, -0.25) is 9.20 Å². The summed E-state index contributed by atoms with van der Waals surface area (Å²) in [6.07, 6.45) is -4.05. The number of hydrogen-bond acceptors (Lipinski definition) is 4. The van der Waals surface area contributed by atoms with Gasteiger partial charge in [-0.1, -0.05) is 18.2 Å². The maximum Gasteiger partial charge on any atom is 0.434 e. The molecular formula is C17H22F3IN4OS2. The summed E-state index contributed by atoms with van der Waals surface area (Å²) in [5, 5.41) is 7.54. The van der Waals surface area contributed by atoms with Gasteiger partial charge < -0.3 is 10.6 Å². The molecule has 0 aliphatic rings. The molecule has 0 fully saturated rings. The number of benzene rings is 1. The van der Waals surface area contributed by atoms with Crippen molar-refractivity contribution >= 4 is 52.1 Å². The molecule has 0 radical (unpaired) electrons. The fourth-order valence-corrected chi connectivity index (χ4v) is 3.87. The van der Waals surface area contributed by atoms with Crippen LogP contribution in [0.3, 0.4) is 0 Å². The van der Waals surface area contributed by atoms with Gasteiger partial charge in [-0.25, -0.2) is 4.98 Å². The topological polar surface area (TPSA) is 66.4 Å². The predicted molar refractivity (Wildman–Crippen MR) is 118 cm³/mol. The van der Waals surface area contributed by atoms with Crippen molar-refractivity contribution in [2.24, 2.45) is 4.99 Å². The largest absolute Gasteiger partial charge is 0.434 e. The van der Waals surface area contributed by atoms with Crippen LogP contribution >= 0.6 is 35.3 Å². The summed E-state index contributed by atoms with van der Waals surface area (Å²) in [6, 6.07) is 9.17. The number of halogens is 4. The van der Waals surface area contributed by atoms with Crippen LogP contribution in [0.25, 0.3) is 0 Å². The molecule has 0 saturated heterocycles. The van der Waals surface area contributed by atoms with Crippen LogP contribution in [0.1, 0.15) is 17.6 Å². The monoisotopic (exact) mass is 546 g/mol. The SMILES string of the molecule is CCNC(=NCCS(=O)c1ccccc1)NCCc1nc(C(F)(F)F)cs1.I. The van der Waals surface area contributed by atoms with Crippen LogP contribution in [0.15, 0.2) is 45.6 Å². The third-order valence-electron chi connectivity index (χ3n) is 3.37. The molecular weight excluding hydrogens is 524 g/mol. The zero-order valence-corrected chi connectivity index (χ0v) is 19.1. The van der Waals surface area contributed by atoms with E-state index in [1.807, 2.05) is 37.3 Å². The average molecular weight is 546 g/mol. The second-order valence-electron chi connectivity index (χ2n) is 5.42. The Hall–Kier alpha value is -1.21. The zero-order chi connectivity index (χ0) is 19.7. The van der Waals surface area contributed by atoms with Gasteiger partial charge in [-0.15, -0.1) is 35.3 Å². The number of thiazole rings is 1. The van der Waals surface area contributed by atoms with Crippen molar-refractivity contribution in [2.45, 2.75) is 24.4 Å². The molecule has 2 N–H and O–H groups in total. The summed E-state index contributed by atoms with van der Waals surface area (Å²) >= 11 is 0.989. The third kappa shape index (κ3) is 8.43. The minimum atomic E-state index is -4.41. The van der Waals surface area contributed by atoms with E-state index in [1.165, 1.54) is 0 Å². The molecule has 1 heterocycles. The van der Waals surface area contributed by atoms with Crippen LogP contribution in [0, 0.1) is 0 Å². The lowest BCUT2D eigenvalue weighted by molar-refractivity contribution is -0.140. The lowest BCUT2D eigenvalue weighted by Gasteiger charge is -2.10. The Morgan fingerprint density at radius 2 is 1.96 bits per heavy atom. The van der Waals surface area contributed by atoms with E-state index in [1.54, 1.807) is 0 Å². The van der Waals surface area contributed by atoms with E-state index in [0.717, 1.165) is 21.6 Å². The molecule has 5 nitrogen and oxygen atoms in total. The van der Waals surface area contributed by atoms with Crippen LogP contribution in [0.2, 0.25) is 0 Å². The van der Waals surface area contributed by atoms with Crippen LogP contribution < -0.4 is 10.6 Å². The molecule has 0 spiro atoms. The molecule has 2 rings (SSSR count). The van der Waals surface area contributed by atoms with Crippen LogP contribution in [-0.4, -0.2) is 40.5 Å². The van der Waals surface area contributed by atoms with Gasteiger partial charge in [0, 0.05) is 35.5 Å². The second-order valence-corrected chi connectivity index (χ2v) is 7.94. The van der Waals surface area contributed by atoms with Crippen molar-refractivity contribution in [3.05, 3.63) is 46.4 Å². The van der Waals surface area contributed by atoms with Gasteiger partial charge in [0.25, 0.3) is 0 Å². The molecule has 0 aliphatic heterocycles. The van der Waals surface area contributed by atoms with Crippen molar-refractivity contribution in [3.63, 3.8) is 0 Å². The third-order valence-corrected chi connectivity index (χ3v) is 5.63. The van der Waals surface area contributed by atoms with Crippen molar-refractivity contribution in [2.75, 3.05) is 25.4 Å². The number of hydrogen-bond donors (Lipinski definition) is 2. The number of nitrogens with zero attached hydrogens (tertiary/aromatic N) is 2. The fraction of sp³-hybridized carbons (Fsp3) is 0.412. The maximum atomic E-state index is 12.6. The van der Waals surface area contributed by atoms with E-state index >= 15 is 0 Å². The summed E-state index contributed by atoms with van der Waals surface area (Å²) < 4.78 is 49.8. The fourth-order valence-electron chi connectivity index (χ4n) is 2.12. The minimum absolute atomic E-state index is 0. The first-order valence-corrected chi connectivity index (χ1v) is 10.6. The number of alkyl halides is 3. The highest BCUT2D eigenvalue weighted by molar-refractivity contribution is 14.0. The summed E-state index contributed by atoms with van der Waals surface area (Å²) in [5.41, 5.74) is -0.855. The van der Waals surface area contributed by atoms with Crippen LogP contribution in [0.4, 0.5) is 13.2 Å². The molecule has 1 unspecified atom stereocenters. The van der Waals surface area contributed by atoms with Crippen molar-refractivity contribution in [3.8, 4) is 0 Å². The molecule has 11 heteroatoms. The van der Waals surface area contributed by atoms with Crippen molar-refractivity contribution in [1.82, 2.24) is 15.6 Å². The first-order chi connectivity index (χ1) is 12.9. The molecule has 1 atom stereocenters. The van der Waals surface area contributed by atoms with Gasteiger partial charge in [0.2, 0.25) is 0 Å². The van der Waals surface area contributed by atoms with E-state index in [0.29, 0.717) is 42.8 Å². The van der Waals surface area contributed by atoms with Gasteiger partial charge in [-0.05, 0) is 19.1 Å². The van der Waals surface area contributed by atoms with Gasteiger partial charge in [-0.2, -0.15) is 13.2 Å². The van der Waals surface area contributed by atoms with E-state index in [4.69, 9.17) is 0 Å². The number of aromatic nitrogens is 1. The Kier molecular flexibility index (Phi) is 11.0. The summed E-state index contributed by atoms with van der Waals surface area (Å²) in [4.78, 5) is 8.71. The molecule has 1 aromatic heterocycles. The second kappa shape index (κ2) is 12.4. The molecule has 2 aromatic rings. The van der Waals surface area contributed by atoms with Gasteiger partial charge in [0.1, 0.15) is 0 Å². The highest BCUT2D eigenvalue weighted by Gasteiger charge is 2.33. The Balaban J connectivity index is 0.00000392. The highest BCUT2D eigenvalue weighted by Crippen LogP contribution is 2.29.